The average Bonchev–Trinajstić information content (AvgIpc) is 2.93. The zero-order chi connectivity index (χ0) is 18.9. The number of carbonyl (C=O) groups excluding carboxylic acids is 1. The fourth-order valence-electron chi connectivity index (χ4n) is 3.44. The van der Waals surface area contributed by atoms with E-state index in [4.69, 9.17) is 4.74 Å². The molecule has 0 radical (unpaired) electrons. The predicted octanol–water partition coefficient (Wildman–Crippen LogP) is 5.91. The summed E-state index contributed by atoms with van der Waals surface area (Å²) in [7, 11) is 0. The van der Waals surface area contributed by atoms with E-state index in [0.717, 1.165) is 22.2 Å². The molecule has 1 unspecified atom stereocenters. The number of hydrogen-bond acceptors (Lipinski definition) is 2. The van der Waals surface area contributed by atoms with E-state index in [1.165, 1.54) is 0 Å². The highest BCUT2D eigenvalue weighted by Crippen LogP contribution is 2.33. The summed E-state index contributed by atoms with van der Waals surface area (Å²) in [5.41, 5.74) is 2.69. The van der Waals surface area contributed by atoms with Crippen molar-refractivity contribution in [3.8, 4) is 0 Å². The van der Waals surface area contributed by atoms with E-state index < -0.39 is 5.60 Å². The van der Waals surface area contributed by atoms with Gasteiger partial charge in [-0.15, -0.1) is 0 Å². The number of aromatic nitrogens is 1. The summed E-state index contributed by atoms with van der Waals surface area (Å²) in [6.07, 6.45) is 7.61. The molecule has 1 atom stereocenters. The van der Waals surface area contributed by atoms with Crippen LogP contribution in [0.5, 0.6) is 0 Å². The van der Waals surface area contributed by atoms with E-state index in [9.17, 15) is 4.79 Å². The van der Waals surface area contributed by atoms with Crippen molar-refractivity contribution in [3.63, 3.8) is 0 Å². The van der Waals surface area contributed by atoms with Crippen molar-refractivity contribution in [3.05, 3.63) is 60.8 Å². The number of rotatable bonds is 3. The lowest BCUT2D eigenvalue weighted by atomic mass is 10.1. The molecular weight excluding hydrogens is 336 g/mol. The monoisotopic (exact) mass is 366 g/mol. The van der Waals surface area contributed by atoms with Gasteiger partial charge in [0.15, 0.2) is 0 Å². The van der Waals surface area contributed by atoms with Gasteiger partial charge >= 0.3 is 6.09 Å². The minimum Gasteiger partial charge on any atom is -0.444 e. The molecule has 1 aliphatic heterocycles. The molecule has 0 aliphatic carbocycles. The molecule has 1 aliphatic rings. The quantitative estimate of drug-likeness (QED) is 0.633. The molecule has 0 spiro atoms. The van der Waals surface area contributed by atoms with Crippen LogP contribution in [0.4, 0.5) is 4.79 Å². The Balaban J connectivity index is 0.00000261. The van der Waals surface area contributed by atoms with Crippen molar-refractivity contribution < 1.29 is 9.53 Å². The zero-order valence-corrected chi connectivity index (χ0v) is 15.7. The van der Waals surface area contributed by atoms with Crippen LogP contribution in [0.2, 0.25) is 0 Å². The minimum atomic E-state index is -0.504. The summed E-state index contributed by atoms with van der Waals surface area (Å²) in [5.74, 6) is 0. The van der Waals surface area contributed by atoms with Crippen LogP contribution in [0.1, 0.15) is 45.5 Å². The first-order chi connectivity index (χ1) is 12.4. The van der Waals surface area contributed by atoms with E-state index in [1.54, 1.807) is 4.90 Å². The maximum atomic E-state index is 12.5. The number of nitrogens with zero attached hydrogens (tertiary/aromatic N) is 2. The summed E-state index contributed by atoms with van der Waals surface area (Å²) in [6, 6.07) is 8.25. The first kappa shape index (κ1) is 20.6. The van der Waals surface area contributed by atoms with Crippen LogP contribution in [0.3, 0.4) is 0 Å². The van der Waals surface area contributed by atoms with Gasteiger partial charge in [0.05, 0.1) is 6.04 Å². The van der Waals surface area contributed by atoms with Crippen molar-refractivity contribution in [2.24, 2.45) is 0 Å². The van der Waals surface area contributed by atoms with E-state index in [-0.39, 0.29) is 19.6 Å². The van der Waals surface area contributed by atoms with Gasteiger partial charge in [0.1, 0.15) is 5.60 Å². The normalized spacial score (nSPS) is 16.7. The van der Waals surface area contributed by atoms with Crippen molar-refractivity contribution in [2.45, 2.75) is 39.8 Å². The average molecular weight is 367 g/mol. The maximum absolute atomic E-state index is 12.5. The lowest BCUT2D eigenvalue weighted by Crippen LogP contribution is -2.41. The molecule has 0 bridgehead atoms. The van der Waals surface area contributed by atoms with Crippen LogP contribution in [0, 0.1) is 0 Å². The van der Waals surface area contributed by atoms with Crippen LogP contribution in [0.15, 0.2) is 49.6 Å². The van der Waals surface area contributed by atoms with Gasteiger partial charge in [-0.1, -0.05) is 57.0 Å². The lowest BCUT2D eigenvalue weighted by molar-refractivity contribution is 0.0248. The molecule has 0 N–H and O–H groups in total. The van der Waals surface area contributed by atoms with Crippen LogP contribution in [-0.4, -0.2) is 34.3 Å². The van der Waals surface area contributed by atoms with E-state index in [0.29, 0.717) is 13.1 Å². The number of hydrogen-bond donors (Lipinski definition) is 0. The first-order valence-electron chi connectivity index (χ1n) is 8.88. The van der Waals surface area contributed by atoms with E-state index in [1.807, 2.05) is 51.1 Å². The van der Waals surface area contributed by atoms with Gasteiger partial charge in [-0.2, -0.15) is 0 Å². The summed E-state index contributed by atoms with van der Waals surface area (Å²) in [6.45, 7) is 14.7. The SMILES string of the molecule is C.C=Cc1c(C=C)n(C2C=CCN(C(=O)OC(C)(C)C)C2)c2ccccc12. The van der Waals surface area contributed by atoms with Crippen molar-refractivity contribution in [1.29, 1.82) is 0 Å². The molecule has 0 saturated carbocycles. The zero-order valence-electron chi connectivity index (χ0n) is 15.7. The number of carbonyl (C=O) groups is 1. The minimum absolute atomic E-state index is 0. The highest BCUT2D eigenvalue weighted by molar-refractivity contribution is 5.93. The van der Waals surface area contributed by atoms with Crippen LogP contribution >= 0.6 is 0 Å². The fraction of sp³-hybridized carbons (Fsp3) is 0.348. The Morgan fingerprint density at radius 2 is 1.93 bits per heavy atom. The Bertz CT molecular complexity index is 884. The lowest BCUT2D eigenvalue weighted by Gasteiger charge is -2.32. The topological polar surface area (TPSA) is 34.5 Å². The third kappa shape index (κ3) is 4.00. The van der Waals surface area contributed by atoms with Crippen molar-refractivity contribution >= 4 is 29.1 Å². The van der Waals surface area contributed by atoms with Gasteiger partial charge in [-0.3, -0.25) is 0 Å². The molecular formula is C23H30N2O2. The molecule has 27 heavy (non-hydrogen) atoms. The predicted molar refractivity (Wildman–Crippen MR) is 115 cm³/mol. The Labute approximate surface area is 162 Å². The second-order valence-electron chi connectivity index (χ2n) is 7.48. The van der Waals surface area contributed by atoms with Gasteiger partial charge in [0.25, 0.3) is 0 Å². The number of ether oxygens (including phenoxy) is 1. The summed E-state index contributed by atoms with van der Waals surface area (Å²) < 4.78 is 7.77. The highest BCUT2D eigenvalue weighted by atomic mass is 16.6. The Hall–Kier alpha value is -2.75. The Morgan fingerprint density at radius 3 is 2.56 bits per heavy atom. The molecule has 4 heteroatoms. The largest absolute Gasteiger partial charge is 0.444 e. The van der Waals surface area contributed by atoms with E-state index in [2.05, 4.69) is 35.9 Å². The van der Waals surface area contributed by atoms with Crippen molar-refractivity contribution in [1.82, 2.24) is 9.47 Å². The molecule has 1 aromatic heterocycles. The number of para-hydroxylation sites is 1. The molecule has 4 nitrogen and oxygen atoms in total. The van der Waals surface area contributed by atoms with Crippen molar-refractivity contribution in [2.75, 3.05) is 13.1 Å². The fourth-order valence-corrected chi connectivity index (χ4v) is 3.44. The van der Waals surface area contributed by atoms with Gasteiger partial charge in [0, 0.05) is 35.2 Å². The molecule has 2 aromatic rings. The second kappa shape index (κ2) is 7.87. The summed E-state index contributed by atoms with van der Waals surface area (Å²) in [5, 5.41) is 1.14. The Kier molecular flexibility index (Phi) is 5.99. The second-order valence-corrected chi connectivity index (χ2v) is 7.48. The molecule has 0 fully saturated rings. The van der Waals surface area contributed by atoms with Gasteiger partial charge in [0.2, 0.25) is 0 Å². The van der Waals surface area contributed by atoms with Gasteiger partial charge < -0.3 is 14.2 Å². The van der Waals surface area contributed by atoms with Gasteiger partial charge in [-0.05, 0) is 32.9 Å². The molecule has 3 rings (SSSR count). The molecule has 0 saturated heterocycles. The molecule has 144 valence electrons. The number of amides is 1. The third-order valence-corrected chi connectivity index (χ3v) is 4.46. The smallest absolute Gasteiger partial charge is 0.410 e. The first-order valence-corrected chi connectivity index (χ1v) is 8.88. The summed E-state index contributed by atoms with van der Waals surface area (Å²) >= 11 is 0. The van der Waals surface area contributed by atoms with Crippen LogP contribution in [-0.2, 0) is 4.74 Å². The van der Waals surface area contributed by atoms with Gasteiger partial charge in [-0.25, -0.2) is 4.79 Å². The Morgan fingerprint density at radius 1 is 1.22 bits per heavy atom. The summed E-state index contributed by atoms with van der Waals surface area (Å²) in [4.78, 5) is 14.2. The van der Waals surface area contributed by atoms with E-state index >= 15 is 0 Å². The van der Waals surface area contributed by atoms with Crippen LogP contribution < -0.4 is 0 Å². The molecule has 1 amide bonds. The number of benzene rings is 1. The molecule has 1 aromatic carbocycles. The highest BCUT2D eigenvalue weighted by Gasteiger charge is 2.28. The standard InChI is InChI=1S/C22H26N2O2.CH4/c1-6-17-18-12-8-9-13-20(18)24(19(17)7-2)16-11-10-14-23(15-16)21(25)26-22(3,4)5;/h6-13,16H,1-2,14-15H2,3-5H3;1H4. The number of fused-ring (bicyclic) bond motifs is 1. The molecule has 2 heterocycles. The third-order valence-electron chi connectivity index (χ3n) is 4.46. The maximum Gasteiger partial charge on any atom is 0.410 e. The van der Waals surface area contributed by atoms with Crippen LogP contribution in [0.25, 0.3) is 23.1 Å².